The van der Waals surface area contributed by atoms with Gasteiger partial charge in [0.1, 0.15) is 5.84 Å². The first kappa shape index (κ1) is 15.5. The highest BCUT2D eigenvalue weighted by Crippen LogP contribution is 2.27. The average molecular weight is 339 g/mol. The van der Waals surface area contributed by atoms with Gasteiger partial charge in [0.05, 0.1) is 12.1 Å². The zero-order valence-electron chi connectivity index (χ0n) is 13.6. The number of benzene rings is 1. The molecule has 0 radical (unpaired) electrons. The molecule has 3 aliphatic heterocycles. The number of hydrogen-bond donors (Lipinski definition) is 0. The van der Waals surface area contributed by atoms with Crippen molar-refractivity contribution >= 4 is 23.5 Å². The molecule has 3 heterocycles. The molecular weight excluding hydrogens is 318 g/mol. The van der Waals surface area contributed by atoms with Gasteiger partial charge in [-0.15, -0.1) is 11.8 Å². The topological polar surface area (TPSA) is 35.9 Å². The molecular formula is C19H21N3OS. The van der Waals surface area contributed by atoms with E-state index in [0.29, 0.717) is 5.92 Å². The first-order valence-electron chi connectivity index (χ1n) is 8.48. The fraction of sp³-hybridized carbons (Fsp3) is 0.368. The maximum Gasteiger partial charge on any atom is 0.255 e. The van der Waals surface area contributed by atoms with Gasteiger partial charge in [-0.1, -0.05) is 18.2 Å². The minimum absolute atomic E-state index is 0.157. The van der Waals surface area contributed by atoms with E-state index in [4.69, 9.17) is 0 Å². The Morgan fingerprint density at radius 1 is 1.21 bits per heavy atom. The predicted octanol–water partition coefficient (Wildman–Crippen LogP) is 2.80. The van der Waals surface area contributed by atoms with Crippen molar-refractivity contribution in [2.75, 3.05) is 31.9 Å². The number of amidine groups is 1. The van der Waals surface area contributed by atoms with E-state index < -0.39 is 0 Å². The Bertz CT molecular complexity index is 711. The van der Waals surface area contributed by atoms with Crippen LogP contribution in [0.15, 0.2) is 64.1 Å². The minimum atomic E-state index is 0.157. The molecule has 1 aromatic rings. The number of fused-ring (bicyclic) bond motifs is 1. The van der Waals surface area contributed by atoms with Crippen molar-refractivity contribution in [3.05, 3.63) is 54.3 Å². The fourth-order valence-corrected chi connectivity index (χ4v) is 4.37. The molecule has 3 aliphatic rings. The van der Waals surface area contributed by atoms with Gasteiger partial charge in [0.15, 0.2) is 0 Å². The van der Waals surface area contributed by atoms with E-state index >= 15 is 0 Å². The Morgan fingerprint density at radius 2 is 2.08 bits per heavy atom. The van der Waals surface area contributed by atoms with Crippen molar-refractivity contribution in [2.45, 2.75) is 11.3 Å². The molecule has 0 N–H and O–H groups in total. The third-order valence-electron chi connectivity index (χ3n) is 4.66. The van der Waals surface area contributed by atoms with Crippen LogP contribution in [-0.4, -0.2) is 53.5 Å². The largest absolute Gasteiger partial charge is 0.338 e. The van der Waals surface area contributed by atoms with Crippen LogP contribution in [0.1, 0.15) is 6.42 Å². The highest BCUT2D eigenvalue weighted by Gasteiger charge is 2.29. The number of aliphatic imine (C=N–C) groups is 1. The van der Waals surface area contributed by atoms with Crippen molar-refractivity contribution in [1.82, 2.24) is 9.80 Å². The molecule has 0 aromatic heterocycles. The number of carbonyl (C=O) groups is 1. The highest BCUT2D eigenvalue weighted by atomic mass is 32.2. The second-order valence-corrected chi connectivity index (χ2v) is 7.47. The molecule has 1 fully saturated rings. The summed E-state index contributed by atoms with van der Waals surface area (Å²) in [5.41, 5.74) is 0.784. The van der Waals surface area contributed by atoms with Crippen LogP contribution in [0.5, 0.6) is 0 Å². The van der Waals surface area contributed by atoms with E-state index in [2.05, 4.69) is 34.2 Å². The summed E-state index contributed by atoms with van der Waals surface area (Å²) in [5.74, 6) is 2.79. The molecule has 124 valence electrons. The average Bonchev–Trinajstić information content (AvgIpc) is 3.29. The highest BCUT2D eigenvalue weighted by molar-refractivity contribution is 7.99. The smallest absolute Gasteiger partial charge is 0.255 e. The lowest BCUT2D eigenvalue weighted by Gasteiger charge is -2.22. The Morgan fingerprint density at radius 3 is 2.96 bits per heavy atom. The molecule has 0 spiro atoms. The van der Waals surface area contributed by atoms with Crippen LogP contribution >= 0.6 is 11.8 Å². The summed E-state index contributed by atoms with van der Waals surface area (Å²) in [6.07, 6.45) is 6.92. The number of nitrogens with zero attached hydrogens (tertiary/aromatic N) is 3. The summed E-state index contributed by atoms with van der Waals surface area (Å²) < 4.78 is 0. The maximum atomic E-state index is 12.7. The third kappa shape index (κ3) is 3.26. The number of hydrogen-bond acceptors (Lipinski definition) is 4. The molecule has 0 bridgehead atoms. The van der Waals surface area contributed by atoms with Gasteiger partial charge in [0.25, 0.3) is 5.91 Å². The van der Waals surface area contributed by atoms with Crippen LogP contribution in [0.4, 0.5) is 0 Å². The number of likely N-dealkylation sites (tertiary alicyclic amines) is 1. The lowest BCUT2D eigenvalue weighted by molar-refractivity contribution is -0.125. The van der Waals surface area contributed by atoms with Crippen molar-refractivity contribution in [1.29, 1.82) is 0 Å². The Balaban J connectivity index is 1.32. The zero-order chi connectivity index (χ0) is 16.4. The third-order valence-corrected chi connectivity index (χ3v) is 5.91. The van der Waals surface area contributed by atoms with Crippen LogP contribution < -0.4 is 0 Å². The van der Waals surface area contributed by atoms with Gasteiger partial charge in [-0.25, -0.2) is 0 Å². The molecule has 0 aliphatic carbocycles. The molecule has 1 saturated heterocycles. The maximum absolute atomic E-state index is 12.7. The molecule has 1 aromatic carbocycles. The summed E-state index contributed by atoms with van der Waals surface area (Å²) in [6.45, 7) is 3.43. The predicted molar refractivity (Wildman–Crippen MR) is 98.1 cm³/mol. The quantitative estimate of drug-likeness (QED) is 0.792. The van der Waals surface area contributed by atoms with Crippen molar-refractivity contribution in [2.24, 2.45) is 10.9 Å². The van der Waals surface area contributed by atoms with Gasteiger partial charge in [-0.3, -0.25) is 9.79 Å². The SMILES string of the molecule is O=C(C1=CN2CCN=C2C=C1)N1CCC(CSc2ccccc2)C1. The molecule has 24 heavy (non-hydrogen) atoms. The molecule has 5 heteroatoms. The lowest BCUT2D eigenvalue weighted by Crippen LogP contribution is -2.33. The van der Waals surface area contributed by atoms with E-state index in [1.54, 1.807) is 0 Å². The monoisotopic (exact) mass is 339 g/mol. The lowest BCUT2D eigenvalue weighted by atomic mass is 10.1. The van der Waals surface area contributed by atoms with Crippen LogP contribution in [0.25, 0.3) is 0 Å². The standard InChI is InChI=1S/C19H21N3OS/c23-19(16-6-7-18-20-9-11-21(18)13-16)22-10-8-15(12-22)14-24-17-4-2-1-3-5-17/h1-7,13,15H,8-12,14H2. The van der Waals surface area contributed by atoms with Crippen LogP contribution in [0, 0.1) is 5.92 Å². The summed E-state index contributed by atoms with van der Waals surface area (Å²) in [6, 6.07) is 10.5. The molecule has 1 unspecified atom stereocenters. The van der Waals surface area contributed by atoms with Gasteiger partial charge in [0, 0.05) is 36.5 Å². The molecule has 4 nitrogen and oxygen atoms in total. The summed E-state index contributed by atoms with van der Waals surface area (Å²) >= 11 is 1.89. The Hall–Kier alpha value is -2.01. The first-order chi connectivity index (χ1) is 11.8. The second kappa shape index (κ2) is 6.85. The minimum Gasteiger partial charge on any atom is -0.338 e. The van der Waals surface area contributed by atoms with E-state index in [9.17, 15) is 4.79 Å². The van der Waals surface area contributed by atoms with E-state index in [-0.39, 0.29) is 5.91 Å². The normalized spacial score (nSPS) is 22.4. The summed E-state index contributed by atoms with van der Waals surface area (Å²) in [7, 11) is 0. The molecule has 4 rings (SSSR count). The summed E-state index contributed by atoms with van der Waals surface area (Å²) in [4.78, 5) is 22.5. The van der Waals surface area contributed by atoms with E-state index in [0.717, 1.165) is 49.8 Å². The van der Waals surface area contributed by atoms with Crippen molar-refractivity contribution in [3.8, 4) is 0 Å². The van der Waals surface area contributed by atoms with E-state index in [1.165, 1.54) is 4.90 Å². The molecule has 0 saturated carbocycles. The van der Waals surface area contributed by atoms with E-state index in [1.807, 2.05) is 41.1 Å². The number of rotatable bonds is 4. The Labute approximate surface area is 146 Å². The van der Waals surface area contributed by atoms with Gasteiger partial charge in [-0.2, -0.15) is 0 Å². The zero-order valence-corrected chi connectivity index (χ0v) is 14.4. The number of carbonyl (C=O) groups excluding carboxylic acids is 1. The van der Waals surface area contributed by atoms with Crippen molar-refractivity contribution in [3.63, 3.8) is 0 Å². The van der Waals surface area contributed by atoms with Gasteiger partial charge >= 0.3 is 0 Å². The number of thioether (sulfide) groups is 1. The molecule has 1 amide bonds. The summed E-state index contributed by atoms with van der Waals surface area (Å²) in [5, 5.41) is 0. The van der Waals surface area contributed by atoms with Crippen molar-refractivity contribution < 1.29 is 4.79 Å². The molecule has 1 atom stereocenters. The Kier molecular flexibility index (Phi) is 4.43. The van der Waals surface area contributed by atoms with Gasteiger partial charge < -0.3 is 9.80 Å². The van der Waals surface area contributed by atoms with Gasteiger partial charge in [-0.05, 0) is 36.6 Å². The van der Waals surface area contributed by atoms with Gasteiger partial charge in [0.2, 0.25) is 0 Å². The van der Waals surface area contributed by atoms with Crippen LogP contribution in [0.2, 0.25) is 0 Å². The second-order valence-electron chi connectivity index (χ2n) is 6.38. The van der Waals surface area contributed by atoms with Crippen LogP contribution in [-0.2, 0) is 4.79 Å². The number of amides is 1. The van der Waals surface area contributed by atoms with Crippen LogP contribution in [0.3, 0.4) is 0 Å². The first-order valence-corrected chi connectivity index (χ1v) is 9.46. The fourth-order valence-electron chi connectivity index (χ4n) is 3.33.